The van der Waals surface area contributed by atoms with Gasteiger partial charge < -0.3 is 10.1 Å². The van der Waals surface area contributed by atoms with Crippen LogP contribution in [0.2, 0.25) is 0 Å². The van der Waals surface area contributed by atoms with Crippen molar-refractivity contribution in [2.75, 3.05) is 11.9 Å². The third kappa shape index (κ3) is 3.37. The SMILES string of the molecule is CCNc1ncc(Br)c(Oc2cc(F)ccc2F)n1. The number of anilines is 1. The molecule has 1 N–H and O–H groups in total. The van der Waals surface area contributed by atoms with Gasteiger partial charge in [-0.25, -0.2) is 13.8 Å². The van der Waals surface area contributed by atoms with Gasteiger partial charge in [0.1, 0.15) is 5.82 Å². The minimum Gasteiger partial charge on any atom is -0.434 e. The lowest BCUT2D eigenvalue weighted by molar-refractivity contribution is 0.419. The van der Waals surface area contributed by atoms with Gasteiger partial charge in [-0.3, -0.25) is 0 Å². The molecule has 1 aromatic heterocycles. The molecule has 0 amide bonds. The molecule has 1 aromatic carbocycles. The molecule has 4 nitrogen and oxygen atoms in total. The van der Waals surface area contributed by atoms with Crippen molar-refractivity contribution in [3.63, 3.8) is 0 Å². The van der Waals surface area contributed by atoms with Crippen LogP contribution in [0.15, 0.2) is 28.9 Å². The number of halogens is 3. The van der Waals surface area contributed by atoms with Crippen LogP contribution in [-0.2, 0) is 0 Å². The second-order valence-corrected chi connectivity index (χ2v) is 4.41. The average Bonchev–Trinajstić information content (AvgIpc) is 2.38. The fourth-order valence-electron chi connectivity index (χ4n) is 1.33. The van der Waals surface area contributed by atoms with E-state index in [0.717, 1.165) is 18.2 Å². The summed E-state index contributed by atoms with van der Waals surface area (Å²) in [6, 6.07) is 2.96. The van der Waals surface area contributed by atoms with Crippen LogP contribution in [-0.4, -0.2) is 16.5 Å². The first-order valence-electron chi connectivity index (χ1n) is 5.49. The Hall–Kier alpha value is -1.76. The molecule has 0 aliphatic carbocycles. The predicted octanol–water partition coefficient (Wildman–Crippen LogP) is 3.74. The van der Waals surface area contributed by atoms with Crippen molar-refractivity contribution in [3.8, 4) is 11.6 Å². The van der Waals surface area contributed by atoms with Crippen LogP contribution < -0.4 is 10.1 Å². The number of rotatable bonds is 4. The van der Waals surface area contributed by atoms with Gasteiger partial charge in [0.2, 0.25) is 11.8 Å². The summed E-state index contributed by atoms with van der Waals surface area (Å²) < 4.78 is 32.2. The highest BCUT2D eigenvalue weighted by molar-refractivity contribution is 9.10. The summed E-state index contributed by atoms with van der Waals surface area (Å²) in [6.07, 6.45) is 1.47. The Kier molecular flexibility index (Phi) is 4.26. The summed E-state index contributed by atoms with van der Waals surface area (Å²) in [5.41, 5.74) is 0. The molecule has 0 saturated heterocycles. The predicted molar refractivity (Wildman–Crippen MR) is 70.3 cm³/mol. The number of hydrogen-bond acceptors (Lipinski definition) is 4. The normalized spacial score (nSPS) is 10.3. The number of ether oxygens (including phenoxy) is 1. The maximum atomic E-state index is 13.5. The van der Waals surface area contributed by atoms with Gasteiger partial charge in [0, 0.05) is 12.6 Å². The van der Waals surface area contributed by atoms with E-state index in [-0.39, 0.29) is 11.6 Å². The van der Waals surface area contributed by atoms with Crippen LogP contribution in [0.4, 0.5) is 14.7 Å². The third-order valence-electron chi connectivity index (χ3n) is 2.15. The Morgan fingerprint density at radius 1 is 1.37 bits per heavy atom. The monoisotopic (exact) mass is 329 g/mol. The van der Waals surface area contributed by atoms with Crippen LogP contribution in [0.5, 0.6) is 11.6 Å². The fourth-order valence-corrected chi connectivity index (χ4v) is 1.60. The van der Waals surface area contributed by atoms with E-state index in [1.807, 2.05) is 6.92 Å². The van der Waals surface area contributed by atoms with Crippen LogP contribution >= 0.6 is 15.9 Å². The molecule has 0 spiro atoms. The molecule has 1 heterocycles. The van der Waals surface area contributed by atoms with E-state index in [9.17, 15) is 8.78 Å². The molecular formula is C12H10BrF2N3O. The number of nitrogens with one attached hydrogen (secondary N) is 1. The molecule has 2 rings (SSSR count). The first-order chi connectivity index (χ1) is 9.10. The zero-order valence-electron chi connectivity index (χ0n) is 9.95. The van der Waals surface area contributed by atoms with Crippen molar-refractivity contribution in [2.45, 2.75) is 6.92 Å². The van der Waals surface area contributed by atoms with Crippen molar-refractivity contribution in [2.24, 2.45) is 0 Å². The van der Waals surface area contributed by atoms with Crippen molar-refractivity contribution in [3.05, 3.63) is 40.5 Å². The third-order valence-corrected chi connectivity index (χ3v) is 2.69. The molecule has 2 aromatic rings. The van der Waals surface area contributed by atoms with Crippen LogP contribution in [0.25, 0.3) is 0 Å². The zero-order chi connectivity index (χ0) is 13.8. The average molecular weight is 330 g/mol. The van der Waals surface area contributed by atoms with E-state index < -0.39 is 11.6 Å². The van der Waals surface area contributed by atoms with Crippen LogP contribution in [0.3, 0.4) is 0 Å². The maximum absolute atomic E-state index is 13.5. The summed E-state index contributed by atoms with van der Waals surface area (Å²) in [4.78, 5) is 8.04. The van der Waals surface area contributed by atoms with Gasteiger partial charge in [0.25, 0.3) is 0 Å². The first-order valence-corrected chi connectivity index (χ1v) is 6.28. The highest BCUT2D eigenvalue weighted by Crippen LogP contribution is 2.29. The standard InChI is InChI=1S/C12H10BrF2N3O/c1-2-16-12-17-6-8(13)11(18-12)19-10-5-7(14)3-4-9(10)15/h3-6H,2H2,1H3,(H,16,17,18). The molecular weight excluding hydrogens is 320 g/mol. The summed E-state index contributed by atoms with van der Waals surface area (Å²) in [7, 11) is 0. The first kappa shape index (κ1) is 13.7. The van der Waals surface area contributed by atoms with E-state index in [0.29, 0.717) is 17.0 Å². The van der Waals surface area contributed by atoms with Crippen molar-refractivity contribution < 1.29 is 13.5 Å². The Balaban J connectivity index is 2.31. The highest BCUT2D eigenvalue weighted by atomic mass is 79.9. The molecule has 19 heavy (non-hydrogen) atoms. The van der Waals surface area contributed by atoms with Crippen molar-refractivity contribution in [1.29, 1.82) is 0 Å². The summed E-state index contributed by atoms with van der Waals surface area (Å²) >= 11 is 3.19. The lowest BCUT2D eigenvalue weighted by atomic mass is 10.3. The van der Waals surface area contributed by atoms with E-state index in [4.69, 9.17) is 4.74 Å². The molecule has 7 heteroatoms. The Morgan fingerprint density at radius 2 is 2.16 bits per heavy atom. The van der Waals surface area contributed by atoms with Gasteiger partial charge in [0.05, 0.1) is 10.7 Å². The highest BCUT2D eigenvalue weighted by Gasteiger charge is 2.11. The topological polar surface area (TPSA) is 47.0 Å². The molecule has 0 aliphatic heterocycles. The fraction of sp³-hybridized carbons (Fsp3) is 0.167. The van der Waals surface area contributed by atoms with E-state index in [1.54, 1.807) is 0 Å². The Labute approximate surface area is 117 Å². The molecule has 0 fully saturated rings. The summed E-state index contributed by atoms with van der Waals surface area (Å²) in [5, 5.41) is 2.90. The van der Waals surface area contributed by atoms with Gasteiger partial charge in [-0.15, -0.1) is 0 Å². The second kappa shape index (κ2) is 5.92. The molecule has 0 bridgehead atoms. The van der Waals surface area contributed by atoms with Gasteiger partial charge in [-0.1, -0.05) is 0 Å². The smallest absolute Gasteiger partial charge is 0.238 e. The quantitative estimate of drug-likeness (QED) is 0.928. The van der Waals surface area contributed by atoms with Crippen molar-refractivity contribution in [1.82, 2.24) is 9.97 Å². The molecule has 0 saturated carbocycles. The summed E-state index contributed by atoms with van der Waals surface area (Å²) in [5.74, 6) is -1.04. The van der Waals surface area contributed by atoms with Crippen LogP contribution in [0.1, 0.15) is 6.92 Å². The largest absolute Gasteiger partial charge is 0.434 e. The molecule has 0 aliphatic rings. The van der Waals surface area contributed by atoms with Gasteiger partial charge >= 0.3 is 0 Å². The second-order valence-electron chi connectivity index (χ2n) is 3.55. The van der Waals surface area contributed by atoms with E-state index >= 15 is 0 Å². The lowest BCUT2D eigenvalue weighted by Crippen LogP contribution is -2.03. The molecule has 0 radical (unpaired) electrons. The van der Waals surface area contributed by atoms with Gasteiger partial charge in [0.15, 0.2) is 11.6 Å². The Bertz CT molecular complexity index is 595. The van der Waals surface area contributed by atoms with E-state index in [2.05, 4.69) is 31.2 Å². The van der Waals surface area contributed by atoms with Gasteiger partial charge in [-0.2, -0.15) is 4.98 Å². The number of aromatic nitrogens is 2. The molecule has 0 unspecified atom stereocenters. The van der Waals surface area contributed by atoms with Gasteiger partial charge in [-0.05, 0) is 35.0 Å². The number of hydrogen-bond donors (Lipinski definition) is 1. The zero-order valence-corrected chi connectivity index (χ0v) is 11.5. The van der Waals surface area contributed by atoms with Crippen LogP contribution in [0, 0.1) is 11.6 Å². The van der Waals surface area contributed by atoms with E-state index in [1.165, 1.54) is 6.20 Å². The Morgan fingerprint density at radius 3 is 2.89 bits per heavy atom. The number of nitrogens with zero attached hydrogens (tertiary/aromatic N) is 2. The minimum atomic E-state index is -0.670. The minimum absolute atomic E-state index is 0.107. The van der Waals surface area contributed by atoms with Crippen molar-refractivity contribution >= 4 is 21.9 Å². The summed E-state index contributed by atoms with van der Waals surface area (Å²) in [6.45, 7) is 2.52. The number of benzene rings is 1. The lowest BCUT2D eigenvalue weighted by Gasteiger charge is -2.09. The molecule has 100 valence electrons. The molecule has 0 atom stereocenters. The maximum Gasteiger partial charge on any atom is 0.238 e.